The number of nitrogens with two attached hydrogens (primary N) is 1. The van der Waals surface area contributed by atoms with E-state index >= 15 is 0 Å². The molecule has 1 aliphatic carbocycles. The van der Waals surface area contributed by atoms with Gasteiger partial charge in [0, 0.05) is 6.61 Å². The minimum atomic E-state index is 0.494. The number of ether oxygens (including phenoxy) is 1. The molecule has 14 heavy (non-hydrogen) atoms. The zero-order chi connectivity index (χ0) is 9.80. The summed E-state index contributed by atoms with van der Waals surface area (Å²) in [6.07, 6.45) is 9.99. The van der Waals surface area contributed by atoms with Crippen molar-refractivity contribution < 1.29 is 4.74 Å². The van der Waals surface area contributed by atoms with Crippen molar-refractivity contribution in [3.05, 3.63) is 0 Å². The Hall–Kier alpha value is -0.0800. The SMILES string of the molecule is NCC1CCCOC1C1CCCCC1. The highest BCUT2D eigenvalue weighted by Gasteiger charge is 2.32. The zero-order valence-corrected chi connectivity index (χ0v) is 9.08. The Morgan fingerprint density at radius 2 is 1.79 bits per heavy atom. The van der Waals surface area contributed by atoms with Crippen LogP contribution in [0.4, 0.5) is 0 Å². The summed E-state index contributed by atoms with van der Waals surface area (Å²) in [4.78, 5) is 0. The van der Waals surface area contributed by atoms with Crippen molar-refractivity contribution in [3.8, 4) is 0 Å². The molecule has 0 radical (unpaired) electrons. The number of hydrogen-bond donors (Lipinski definition) is 1. The third-order valence-electron chi connectivity index (χ3n) is 3.91. The first-order valence-electron chi connectivity index (χ1n) is 6.23. The molecule has 0 aromatic carbocycles. The Bertz CT molecular complexity index is 166. The fourth-order valence-corrected chi connectivity index (χ4v) is 3.10. The van der Waals surface area contributed by atoms with E-state index in [4.69, 9.17) is 10.5 Å². The van der Waals surface area contributed by atoms with Crippen molar-refractivity contribution >= 4 is 0 Å². The van der Waals surface area contributed by atoms with Crippen LogP contribution in [-0.4, -0.2) is 19.3 Å². The molecule has 0 bridgehead atoms. The van der Waals surface area contributed by atoms with Gasteiger partial charge in [0.25, 0.3) is 0 Å². The number of hydrogen-bond acceptors (Lipinski definition) is 2. The average Bonchev–Trinajstić information content (AvgIpc) is 2.30. The molecule has 0 spiro atoms. The summed E-state index contributed by atoms with van der Waals surface area (Å²) in [7, 11) is 0. The molecule has 2 rings (SSSR count). The fourth-order valence-electron chi connectivity index (χ4n) is 3.10. The van der Waals surface area contributed by atoms with Gasteiger partial charge < -0.3 is 10.5 Å². The van der Waals surface area contributed by atoms with E-state index in [1.807, 2.05) is 0 Å². The fraction of sp³-hybridized carbons (Fsp3) is 1.00. The second-order valence-electron chi connectivity index (χ2n) is 4.87. The topological polar surface area (TPSA) is 35.2 Å². The molecule has 2 unspecified atom stereocenters. The van der Waals surface area contributed by atoms with E-state index in [0.717, 1.165) is 19.1 Å². The zero-order valence-electron chi connectivity index (χ0n) is 9.08. The molecule has 2 heteroatoms. The minimum absolute atomic E-state index is 0.494. The Morgan fingerprint density at radius 1 is 1.00 bits per heavy atom. The van der Waals surface area contributed by atoms with Crippen LogP contribution in [0.15, 0.2) is 0 Å². The molecule has 1 saturated carbocycles. The Morgan fingerprint density at radius 3 is 2.50 bits per heavy atom. The average molecular weight is 197 g/mol. The molecule has 2 N–H and O–H groups in total. The van der Waals surface area contributed by atoms with Gasteiger partial charge in [0.05, 0.1) is 6.10 Å². The van der Waals surface area contributed by atoms with E-state index in [9.17, 15) is 0 Å². The molecule has 1 aliphatic heterocycles. The first kappa shape index (κ1) is 10.4. The van der Waals surface area contributed by atoms with Gasteiger partial charge in [-0.1, -0.05) is 19.3 Å². The van der Waals surface area contributed by atoms with Crippen LogP contribution < -0.4 is 5.73 Å². The van der Waals surface area contributed by atoms with E-state index in [0.29, 0.717) is 12.0 Å². The maximum atomic E-state index is 5.94. The summed E-state index contributed by atoms with van der Waals surface area (Å²) < 4.78 is 5.94. The lowest BCUT2D eigenvalue weighted by Gasteiger charge is -2.38. The smallest absolute Gasteiger partial charge is 0.0643 e. The van der Waals surface area contributed by atoms with Crippen LogP contribution in [0.25, 0.3) is 0 Å². The summed E-state index contributed by atoms with van der Waals surface area (Å²) in [5.41, 5.74) is 5.82. The summed E-state index contributed by atoms with van der Waals surface area (Å²) in [5.74, 6) is 1.46. The summed E-state index contributed by atoms with van der Waals surface area (Å²) in [6, 6.07) is 0. The van der Waals surface area contributed by atoms with Crippen LogP contribution in [0, 0.1) is 11.8 Å². The maximum absolute atomic E-state index is 5.94. The van der Waals surface area contributed by atoms with E-state index in [1.165, 1.54) is 44.9 Å². The van der Waals surface area contributed by atoms with Crippen molar-refractivity contribution in [2.24, 2.45) is 17.6 Å². The van der Waals surface area contributed by atoms with Gasteiger partial charge in [0.15, 0.2) is 0 Å². The molecule has 1 saturated heterocycles. The lowest BCUT2D eigenvalue weighted by molar-refractivity contribution is -0.0657. The first-order valence-corrected chi connectivity index (χ1v) is 6.23. The second-order valence-corrected chi connectivity index (χ2v) is 4.87. The van der Waals surface area contributed by atoms with Crippen molar-refractivity contribution in [2.45, 2.75) is 51.0 Å². The van der Waals surface area contributed by atoms with Crippen molar-refractivity contribution in [1.29, 1.82) is 0 Å². The Kier molecular flexibility index (Phi) is 3.82. The third kappa shape index (κ3) is 2.29. The lowest BCUT2D eigenvalue weighted by Crippen LogP contribution is -2.40. The highest BCUT2D eigenvalue weighted by Crippen LogP contribution is 2.34. The molecular formula is C12H23NO. The molecule has 82 valence electrons. The van der Waals surface area contributed by atoms with Crippen LogP contribution in [0.2, 0.25) is 0 Å². The van der Waals surface area contributed by atoms with Gasteiger partial charge >= 0.3 is 0 Å². The van der Waals surface area contributed by atoms with Gasteiger partial charge in [-0.15, -0.1) is 0 Å². The van der Waals surface area contributed by atoms with Gasteiger partial charge in [0.2, 0.25) is 0 Å². The number of rotatable bonds is 2. The van der Waals surface area contributed by atoms with Gasteiger partial charge in [-0.2, -0.15) is 0 Å². The highest BCUT2D eigenvalue weighted by atomic mass is 16.5. The standard InChI is InChI=1S/C12H23NO/c13-9-11-7-4-8-14-12(11)10-5-2-1-3-6-10/h10-12H,1-9,13H2. The summed E-state index contributed by atoms with van der Waals surface area (Å²) >= 11 is 0. The van der Waals surface area contributed by atoms with Crippen molar-refractivity contribution in [2.75, 3.05) is 13.2 Å². The van der Waals surface area contributed by atoms with E-state index < -0.39 is 0 Å². The monoisotopic (exact) mass is 197 g/mol. The second kappa shape index (κ2) is 5.13. The van der Waals surface area contributed by atoms with Crippen LogP contribution >= 0.6 is 0 Å². The molecule has 0 aromatic rings. The molecular weight excluding hydrogens is 174 g/mol. The Balaban J connectivity index is 1.91. The quantitative estimate of drug-likeness (QED) is 0.737. The van der Waals surface area contributed by atoms with Crippen molar-refractivity contribution in [1.82, 2.24) is 0 Å². The van der Waals surface area contributed by atoms with Crippen LogP contribution in [-0.2, 0) is 4.74 Å². The lowest BCUT2D eigenvalue weighted by atomic mass is 9.78. The summed E-state index contributed by atoms with van der Waals surface area (Å²) in [6.45, 7) is 1.79. The van der Waals surface area contributed by atoms with Gasteiger partial charge in [-0.05, 0) is 44.1 Å². The molecule has 2 aliphatic rings. The van der Waals surface area contributed by atoms with Gasteiger partial charge in [-0.25, -0.2) is 0 Å². The summed E-state index contributed by atoms with van der Waals surface area (Å²) in [5, 5.41) is 0. The maximum Gasteiger partial charge on any atom is 0.0643 e. The third-order valence-corrected chi connectivity index (χ3v) is 3.91. The Labute approximate surface area is 87.2 Å². The van der Waals surface area contributed by atoms with E-state index in [2.05, 4.69) is 0 Å². The molecule has 2 nitrogen and oxygen atoms in total. The van der Waals surface area contributed by atoms with Crippen molar-refractivity contribution in [3.63, 3.8) is 0 Å². The highest BCUT2D eigenvalue weighted by molar-refractivity contribution is 4.83. The predicted molar refractivity (Wildman–Crippen MR) is 58.1 cm³/mol. The largest absolute Gasteiger partial charge is 0.378 e. The molecule has 2 atom stereocenters. The molecule has 2 fully saturated rings. The molecule has 0 aromatic heterocycles. The van der Waals surface area contributed by atoms with Gasteiger partial charge in [0.1, 0.15) is 0 Å². The molecule has 0 amide bonds. The predicted octanol–water partition coefficient (Wildman–Crippen LogP) is 2.32. The van der Waals surface area contributed by atoms with E-state index in [1.54, 1.807) is 0 Å². The van der Waals surface area contributed by atoms with Gasteiger partial charge in [-0.3, -0.25) is 0 Å². The van der Waals surface area contributed by atoms with Crippen LogP contribution in [0.1, 0.15) is 44.9 Å². The molecule has 1 heterocycles. The van der Waals surface area contributed by atoms with E-state index in [-0.39, 0.29) is 0 Å². The van der Waals surface area contributed by atoms with Crippen LogP contribution in [0.5, 0.6) is 0 Å². The minimum Gasteiger partial charge on any atom is -0.378 e. The normalized spacial score (nSPS) is 35.8. The van der Waals surface area contributed by atoms with Crippen LogP contribution in [0.3, 0.4) is 0 Å². The first-order chi connectivity index (χ1) is 6.92.